The number of furan rings is 1. The molecular weight excluding hydrogens is 264 g/mol. The maximum absolute atomic E-state index is 12.3. The van der Waals surface area contributed by atoms with Crippen molar-refractivity contribution >= 4 is 10.0 Å². The van der Waals surface area contributed by atoms with Gasteiger partial charge in [0, 0.05) is 6.04 Å². The van der Waals surface area contributed by atoms with Crippen LogP contribution in [-0.4, -0.2) is 21.5 Å². The Morgan fingerprint density at radius 3 is 2.26 bits per heavy atom. The van der Waals surface area contributed by atoms with Crippen LogP contribution in [-0.2, 0) is 16.6 Å². The number of hydrogen-bond donors (Lipinski definition) is 2. The van der Waals surface area contributed by atoms with Crippen LogP contribution in [0.3, 0.4) is 0 Å². The third-order valence-corrected chi connectivity index (χ3v) is 5.84. The van der Waals surface area contributed by atoms with Crippen molar-refractivity contribution in [3.63, 3.8) is 0 Å². The largest absolute Gasteiger partial charge is 0.447 e. The van der Waals surface area contributed by atoms with Gasteiger partial charge in [-0.05, 0) is 30.0 Å². The predicted octanol–water partition coefficient (Wildman–Crippen LogP) is 1.71. The van der Waals surface area contributed by atoms with E-state index in [1.165, 1.54) is 6.07 Å². The molecule has 2 N–H and O–H groups in total. The van der Waals surface area contributed by atoms with E-state index in [-0.39, 0.29) is 22.0 Å². The standard InChI is InChI=1S/C13H22N2O3S/c1-12(2)11(13(12,3)4)15-19(16,17)10-7-6-9(18-10)8-14-5/h6-7,11,14-15H,8H2,1-5H3. The van der Waals surface area contributed by atoms with Crippen LogP contribution in [0.25, 0.3) is 0 Å². The molecule has 0 saturated heterocycles. The van der Waals surface area contributed by atoms with Crippen LogP contribution in [0, 0.1) is 10.8 Å². The molecule has 1 fully saturated rings. The number of nitrogens with one attached hydrogen (secondary N) is 2. The molecule has 1 aliphatic carbocycles. The van der Waals surface area contributed by atoms with Gasteiger partial charge in [0.1, 0.15) is 5.76 Å². The summed E-state index contributed by atoms with van der Waals surface area (Å²) in [6.07, 6.45) is 0. The van der Waals surface area contributed by atoms with E-state index in [1.54, 1.807) is 13.1 Å². The molecule has 0 unspecified atom stereocenters. The molecular formula is C13H22N2O3S. The van der Waals surface area contributed by atoms with Crippen LogP contribution in [0.2, 0.25) is 0 Å². The lowest BCUT2D eigenvalue weighted by Gasteiger charge is -2.05. The van der Waals surface area contributed by atoms with Crippen molar-refractivity contribution in [1.82, 2.24) is 10.0 Å². The summed E-state index contributed by atoms with van der Waals surface area (Å²) in [5.41, 5.74) is -0.0824. The van der Waals surface area contributed by atoms with Gasteiger partial charge in [0.15, 0.2) is 0 Å². The van der Waals surface area contributed by atoms with Gasteiger partial charge in [-0.1, -0.05) is 27.7 Å². The van der Waals surface area contributed by atoms with E-state index >= 15 is 0 Å². The van der Waals surface area contributed by atoms with Gasteiger partial charge in [0.05, 0.1) is 6.54 Å². The normalized spacial score (nSPS) is 21.5. The van der Waals surface area contributed by atoms with Crippen LogP contribution < -0.4 is 10.0 Å². The number of sulfonamides is 1. The van der Waals surface area contributed by atoms with E-state index in [0.29, 0.717) is 12.3 Å². The monoisotopic (exact) mass is 286 g/mol. The molecule has 1 saturated carbocycles. The van der Waals surface area contributed by atoms with Gasteiger partial charge in [-0.15, -0.1) is 0 Å². The number of hydrogen-bond acceptors (Lipinski definition) is 4. The first kappa shape index (κ1) is 14.6. The van der Waals surface area contributed by atoms with Gasteiger partial charge in [-0.2, -0.15) is 0 Å². The maximum atomic E-state index is 12.3. The molecule has 0 bridgehead atoms. The minimum atomic E-state index is -3.58. The summed E-state index contributed by atoms with van der Waals surface area (Å²) in [5.74, 6) is 0.609. The van der Waals surface area contributed by atoms with E-state index in [4.69, 9.17) is 4.42 Å². The maximum Gasteiger partial charge on any atom is 0.274 e. The minimum Gasteiger partial charge on any atom is -0.447 e. The Hall–Kier alpha value is -0.850. The van der Waals surface area contributed by atoms with Crippen LogP contribution in [0.4, 0.5) is 0 Å². The first-order chi connectivity index (χ1) is 8.63. The van der Waals surface area contributed by atoms with Crippen molar-refractivity contribution in [2.45, 2.75) is 45.4 Å². The summed E-state index contributed by atoms with van der Waals surface area (Å²) in [6.45, 7) is 8.77. The second kappa shape index (κ2) is 4.33. The fraction of sp³-hybridized carbons (Fsp3) is 0.692. The molecule has 1 aliphatic rings. The van der Waals surface area contributed by atoms with E-state index in [0.717, 1.165) is 0 Å². The molecule has 0 amide bonds. The zero-order valence-electron chi connectivity index (χ0n) is 12.1. The van der Waals surface area contributed by atoms with Gasteiger partial charge in [-0.3, -0.25) is 0 Å². The first-order valence-corrected chi connectivity index (χ1v) is 7.87. The fourth-order valence-electron chi connectivity index (χ4n) is 2.48. The molecule has 1 aromatic rings. The molecule has 0 spiro atoms. The zero-order chi connectivity index (χ0) is 14.5. The SMILES string of the molecule is CNCc1ccc(S(=O)(=O)NC2C(C)(C)C2(C)C)o1. The topological polar surface area (TPSA) is 71.3 Å². The highest BCUT2D eigenvalue weighted by Gasteiger charge is 2.66. The van der Waals surface area contributed by atoms with Crippen LogP contribution in [0.1, 0.15) is 33.5 Å². The lowest BCUT2D eigenvalue weighted by atomic mass is 10.0. The Bertz CT molecular complexity index is 558. The zero-order valence-corrected chi connectivity index (χ0v) is 12.9. The average Bonchev–Trinajstić information content (AvgIpc) is 2.71. The van der Waals surface area contributed by atoms with E-state index in [2.05, 4.69) is 37.7 Å². The quantitative estimate of drug-likeness (QED) is 0.864. The van der Waals surface area contributed by atoms with E-state index in [1.807, 2.05) is 0 Å². The summed E-state index contributed by atoms with van der Waals surface area (Å²) >= 11 is 0. The molecule has 5 nitrogen and oxygen atoms in total. The average molecular weight is 286 g/mol. The molecule has 19 heavy (non-hydrogen) atoms. The van der Waals surface area contributed by atoms with Crippen molar-refractivity contribution < 1.29 is 12.8 Å². The second-order valence-electron chi connectivity index (χ2n) is 6.25. The molecule has 1 aromatic heterocycles. The Labute approximate surface area is 114 Å². The van der Waals surface area contributed by atoms with Crippen molar-refractivity contribution in [1.29, 1.82) is 0 Å². The Morgan fingerprint density at radius 1 is 1.21 bits per heavy atom. The van der Waals surface area contributed by atoms with Crippen LogP contribution in [0.5, 0.6) is 0 Å². The van der Waals surface area contributed by atoms with Crippen molar-refractivity contribution in [3.05, 3.63) is 17.9 Å². The van der Waals surface area contributed by atoms with E-state index < -0.39 is 10.0 Å². The third kappa shape index (κ3) is 2.32. The molecule has 0 aromatic carbocycles. The molecule has 1 heterocycles. The van der Waals surface area contributed by atoms with Crippen molar-refractivity contribution in [2.75, 3.05) is 7.05 Å². The highest BCUT2D eigenvalue weighted by atomic mass is 32.2. The Balaban J connectivity index is 2.15. The van der Waals surface area contributed by atoms with Gasteiger partial charge in [0.2, 0.25) is 5.09 Å². The summed E-state index contributed by atoms with van der Waals surface area (Å²) in [7, 11) is -1.80. The lowest BCUT2D eigenvalue weighted by molar-refractivity contribution is 0.403. The third-order valence-electron chi connectivity index (χ3n) is 4.55. The summed E-state index contributed by atoms with van der Waals surface area (Å²) < 4.78 is 32.6. The molecule has 2 rings (SSSR count). The summed E-state index contributed by atoms with van der Waals surface area (Å²) in [6, 6.07) is 3.11. The number of rotatable bonds is 5. The van der Waals surface area contributed by atoms with Crippen molar-refractivity contribution in [2.24, 2.45) is 10.8 Å². The molecule has 0 radical (unpaired) electrons. The lowest BCUT2D eigenvalue weighted by Crippen LogP contribution is -2.29. The Kier molecular flexibility index (Phi) is 3.32. The Morgan fingerprint density at radius 2 is 1.79 bits per heavy atom. The first-order valence-electron chi connectivity index (χ1n) is 6.38. The predicted molar refractivity (Wildman–Crippen MR) is 73.1 cm³/mol. The van der Waals surface area contributed by atoms with Crippen molar-refractivity contribution in [3.8, 4) is 0 Å². The molecule has 108 valence electrons. The fourth-order valence-corrected chi connectivity index (χ4v) is 3.96. The summed E-state index contributed by atoms with van der Waals surface area (Å²) in [5, 5.41) is 2.90. The smallest absolute Gasteiger partial charge is 0.274 e. The minimum absolute atomic E-state index is 0.0174. The highest BCUT2D eigenvalue weighted by molar-refractivity contribution is 7.89. The highest BCUT2D eigenvalue weighted by Crippen LogP contribution is 2.62. The van der Waals surface area contributed by atoms with Crippen LogP contribution in [0.15, 0.2) is 21.6 Å². The molecule has 6 heteroatoms. The molecule has 0 atom stereocenters. The van der Waals surface area contributed by atoms with Crippen LogP contribution >= 0.6 is 0 Å². The van der Waals surface area contributed by atoms with Gasteiger partial charge >= 0.3 is 0 Å². The van der Waals surface area contributed by atoms with E-state index in [9.17, 15) is 8.42 Å². The second-order valence-corrected chi connectivity index (χ2v) is 7.89. The van der Waals surface area contributed by atoms with Gasteiger partial charge in [0.25, 0.3) is 10.0 Å². The van der Waals surface area contributed by atoms with Gasteiger partial charge in [-0.25, -0.2) is 13.1 Å². The molecule has 0 aliphatic heterocycles. The van der Waals surface area contributed by atoms with Gasteiger partial charge < -0.3 is 9.73 Å². The summed E-state index contributed by atoms with van der Waals surface area (Å²) in [4.78, 5) is 0.